The zero-order chi connectivity index (χ0) is 15.4. The van der Waals surface area contributed by atoms with Crippen LogP contribution in [0.3, 0.4) is 0 Å². The van der Waals surface area contributed by atoms with Crippen molar-refractivity contribution in [1.82, 2.24) is 10.6 Å². The van der Waals surface area contributed by atoms with Gasteiger partial charge in [0.25, 0.3) is 0 Å². The van der Waals surface area contributed by atoms with Crippen LogP contribution in [0.4, 0.5) is 4.79 Å². The molecule has 0 unspecified atom stereocenters. The lowest BCUT2D eigenvalue weighted by Crippen LogP contribution is -2.51. The lowest BCUT2D eigenvalue weighted by molar-refractivity contribution is -0.0291. The summed E-state index contributed by atoms with van der Waals surface area (Å²) in [5.41, 5.74) is 0.343. The Labute approximate surface area is 131 Å². The van der Waals surface area contributed by atoms with Gasteiger partial charge in [0, 0.05) is 13.2 Å². The first-order valence-corrected chi connectivity index (χ1v) is 8.10. The molecule has 1 aromatic rings. The van der Waals surface area contributed by atoms with Crippen LogP contribution in [0, 0.1) is 0 Å². The highest BCUT2D eigenvalue weighted by atomic mass is 16.5. The van der Waals surface area contributed by atoms with Gasteiger partial charge in [-0.25, -0.2) is 4.79 Å². The average Bonchev–Trinajstić information content (AvgIpc) is 3.03. The third kappa shape index (κ3) is 3.59. The molecule has 0 spiro atoms. The lowest BCUT2D eigenvalue weighted by Gasteiger charge is -2.36. The Morgan fingerprint density at radius 3 is 2.68 bits per heavy atom. The molecule has 5 nitrogen and oxygen atoms in total. The van der Waals surface area contributed by atoms with E-state index in [0.717, 1.165) is 44.3 Å². The van der Waals surface area contributed by atoms with Crippen molar-refractivity contribution >= 4 is 6.03 Å². The van der Waals surface area contributed by atoms with Crippen LogP contribution in [0.1, 0.15) is 43.7 Å². The molecule has 1 aliphatic carbocycles. The van der Waals surface area contributed by atoms with Crippen molar-refractivity contribution in [2.45, 2.75) is 49.9 Å². The maximum absolute atomic E-state index is 12.2. The van der Waals surface area contributed by atoms with Crippen LogP contribution < -0.4 is 10.6 Å². The predicted molar refractivity (Wildman–Crippen MR) is 83.5 cm³/mol. The molecule has 0 aromatic heterocycles. The zero-order valence-electron chi connectivity index (χ0n) is 12.8. The minimum Gasteiger partial charge on any atom is -0.388 e. The third-order valence-electron chi connectivity index (χ3n) is 4.64. The molecule has 3 rings (SSSR count). The molecule has 1 aromatic carbocycles. The summed E-state index contributed by atoms with van der Waals surface area (Å²) in [4.78, 5) is 12.2. The summed E-state index contributed by atoms with van der Waals surface area (Å²) in [6, 6.07) is 9.51. The summed E-state index contributed by atoms with van der Waals surface area (Å²) < 4.78 is 5.76. The van der Waals surface area contributed by atoms with Crippen LogP contribution >= 0.6 is 0 Å². The summed E-state index contributed by atoms with van der Waals surface area (Å²) in [5, 5.41) is 15.9. The molecule has 2 atom stereocenters. The van der Waals surface area contributed by atoms with Crippen molar-refractivity contribution < 1.29 is 14.6 Å². The Morgan fingerprint density at radius 2 is 2.09 bits per heavy atom. The van der Waals surface area contributed by atoms with Crippen molar-refractivity contribution in [3.8, 4) is 0 Å². The molecule has 1 saturated heterocycles. The second kappa shape index (κ2) is 6.67. The minimum absolute atomic E-state index is 0.0138. The minimum atomic E-state index is -0.705. The van der Waals surface area contributed by atoms with Crippen LogP contribution in [0.2, 0.25) is 0 Å². The first-order chi connectivity index (χ1) is 10.7. The van der Waals surface area contributed by atoms with Gasteiger partial charge in [-0.1, -0.05) is 30.3 Å². The van der Waals surface area contributed by atoms with E-state index in [2.05, 4.69) is 10.6 Å². The van der Waals surface area contributed by atoms with E-state index in [0.29, 0.717) is 6.54 Å². The van der Waals surface area contributed by atoms with Crippen molar-refractivity contribution in [2.75, 3.05) is 13.2 Å². The highest BCUT2D eigenvalue weighted by Gasteiger charge is 2.35. The molecule has 22 heavy (non-hydrogen) atoms. The third-order valence-corrected chi connectivity index (χ3v) is 4.64. The number of amides is 2. The van der Waals surface area contributed by atoms with E-state index >= 15 is 0 Å². The number of carbonyl (C=O) groups is 1. The van der Waals surface area contributed by atoms with E-state index < -0.39 is 5.60 Å². The summed E-state index contributed by atoms with van der Waals surface area (Å²) in [6.45, 7) is 1.06. The zero-order valence-corrected chi connectivity index (χ0v) is 12.8. The normalized spacial score (nSPS) is 24.3. The highest BCUT2D eigenvalue weighted by Crippen LogP contribution is 2.30. The first kappa shape index (κ1) is 15.3. The van der Waals surface area contributed by atoms with Gasteiger partial charge in [0.2, 0.25) is 0 Å². The Morgan fingerprint density at radius 1 is 1.32 bits per heavy atom. The fourth-order valence-electron chi connectivity index (χ4n) is 3.12. The Kier molecular flexibility index (Phi) is 4.64. The molecule has 5 heteroatoms. The number of aliphatic hydroxyl groups is 1. The van der Waals surface area contributed by atoms with E-state index in [-0.39, 0.29) is 18.2 Å². The molecule has 120 valence electrons. The topological polar surface area (TPSA) is 70.6 Å². The van der Waals surface area contributed by atoms with Gasteiger partial charge in [-0.3, -0.25) is 0 Å². The van der Waals surface area contributed by atoms with Crippen molar-refractivity contribution in [2.24, 2.45) is 0 Å². The van der Waals surface area contributed by atoms with E-state index in [4.69, 9.17) is 4.74 Å². The number of rotatable bonds is 5. The molecule has 0 radical (unpaired) electrons. The molecule has 1 aliphatic heterocycles. The first-order valence-electron chi connectivity index (χ1n) is 8.10. The predicted octanol–water partition coefficient (Wildman–Crippen LogP) is 2.12. The van der Waals surface area contributed by atoms with E-state index in [1.54, 1.807) is 0 Å². The van der Waals surface area contributed by atoms with Gasteiger partial charge in [0.15, 0.2) is 0 Å². The number of carbonyl (C=O) groups excluding carboxylic acids is 1. The second-order valence-electron chi connectivity index (χ2n) is 6.34. The van der Waals surface area contributed by atoms with Gasteiger partial charge in [-0.05, 0) is 37.7 Å². The quantitative estimate of drug-likeness (QED) is 0.780. The van der Waals surface area contributed by atoms with Gasteiger partial charge in [-0.15, -0.1) is 0 Å². The SMILES string of the molecule is O=C(NCC1(O)CCC1)N[C@@H](c1ccccc1)[C@H]1CCCO1. The van der Waals surface area contributed by atoms with Crippen molar-refractivity contribution in [3.05, 3.63) is 35.9 Å². The second-order valence-corrected chi connectivity index (χ2v) is 6.34. The smallest absolute Gasteiger partial charge is 0.315 e. The Hall–Kier alpha value is -1.59. The van der Waals surface area contributed by atoms with Crippen LogP contribution in [0.15, 0.2) is 30.3 Å². The van der Waals surface area contributed by atoms with Crippen LogP contribution in [0.25, 0.3) is 0 Å². The highest BCUT2D eigenvalue weighted by molar-refractivity contribution is 5.74. The van der Waals surface area contributed by atoms with Crippen LogP contribution in [0.5, 0.6) is 0 Å². The van der Waals surface area contributed by atoms with E-state index in [1.807, 2.05) is 30.3 Å². The largest absolute Gasteiger partial charge is 0.388 e. The standard InChI is InChI=1S/C17H24N2O3/c20-16(18-12-17(21)9-5-10-17)19-15(14-8-4-11-22-14)13-6-2-1-3-7-13/h1-3,6-7,14-15,21H,4-5,8-12H2,(H2,18,19,20)/t14-,15+/m1/s1. The Balaban J connectivity index is 1.60. The molecule has 2 amide bonds. The number of nitrogens with one attached hydrogen (secondary N) is 2. The van der Waals surface area contributed by atoms with Gasteiger partial charge < -0.3 is 20.5 Å². The van der Waals surface area contributed by atoms with Gasteiger partial charge in [0.1, 0.15) is 0 Å². The molecule has 2 fully saturated rings. The number of urea groups is 1. The molecular weight excluding hydrogens is 280 g/mol. The summed E-state index contributed by atoms with van der Waals surface area (Å²) in [6.07, 6.45) is 4.55. The maximum Gasteiger partial charge on any atom is 0.315 e. The van der Waals surface area contributed by atoms with Gasteiger partial charge >= 0.3 is 6.03 Å². The summed E-state index contributed by atoms with van der Waals surface area (Å²) >= 11 is 0. The van der Waals surface area contributed by atoms with Crippen molar-refractivity contribution in [1.29, 1.82) is 0 Å². The molecular formula is C17H24N2O3. The monoisotopic (exact) mass is 304 g/mol. The number of hydrogen-bond acceptors (Lipinski definition) is 3. The van der Waals surface area contributed by atoms with Crippen LogP contribution in [-0.2, 0) is 4.74 Å². The van der Waals surface area contributed by atoms with Crippen LogP contribution in [-0.4, -0.2) is 36.0 Å². The lowest BCUT2D eigenvalue weighted by atomic mass is 9.80. The fraction of sp³-hybridized carbons (Fsp3) is 0.588. The molecule has 1 heterocycles. The molecule has 1 saturated carbocycles. The molecule has 0 bridgehead atoms. The summed E-state index contributed by atoms with van der Waals surface area (Å²) in [5.74, 6) is 0. The summed E-state index contributed by atoms with van der Waals surface area (Å²) in [7, 11) is 0. The Bertz CT molecular complexity index is 496. The number of benzene rings is 1. The van der Waals surface area contributed by atoms with E-state index in [1.165, 1.54) is 0 Å². The average molecular weight is 304 g/mol. The van der Waals surface area contributed by atoms with Gasteiger partial charge in [-0.2, -0.15) is 0 Å². The van der Waals surface area contributed by atoms with Crippen molar-refractivity contribution in [3.63, 3.8) is 0 Å². The molecule has 2 aliphatic rings. The van der Waals surface area contributed by atoms with Gasteiger partial charge in [0.05, 0.1) is 17.7 Å². The maximum atomic E-state index is 12.2. The fourth-order valence-corrected chi connectivity index (χ4v) is 3.12. The van der Waals surface area contributed by atoms with E-state index in [9.17, 15) is 9.90 Å². The number of hydrogen-bond donors (Lipinski definition) is 3. The molecule has 3 N–H and O–H groups in total. The number of ether oxygens (including phenoxy) is 1.